The zero-order chi connectivity index (χ0) is 16.7. The Bertz CT molecular complexity index is 680. The van der Waals surface area contributed by atoms with Crippen LogP contribution < -0.4 is 0 Å². The van der Waals surface area contributed by atoms with Crippen molar-refractivity contribution in [1.29, 1.82) is 0 Å². The summed E-state index contributed by atoms with van der Waals surface area (Å²) in [6.45, 7) is 1.97. The fraction of sp³-hybridized carbons (Fsp3) is 0.200. The largest absolute Gasteiger partial charge is 0.432 e. The van der Waals surface area contributed by atoms with Crippen LogP contribution in [-0.4, -0.2) is 26.9 Å². The molecule has 0 N–H and O–H groups in total. The second kappa shape index (κ2) is 7.74. The Morgan fingerprint density at radius 1 is 1.43 bits per heavy atom. The molecule has 1 aromatic heterocycles. The van der Waals surface area contributed by atoms with Crippen LogP contribution in [0.2, 0.25) is 0 Å². The van der Waals surface area contributed by atoms with Gasteiger partial charge in [0.2, 0.25) is 6.29 Å². The number of hydrogen-bond donors (Lipinski definition) is 0. The molecule has 2 aromatic rings. The van der Waals surface area contributed by atoms with Gasteiger partial charge in [-0.05, 0) is 24.1 Å². The molecule has 8 nitrogen and oxygen atoms in total. The number of imidazole rings is 1. The average Bonchev–Trinajstić information content (AvgIpc) is 2.98. The predicted octanol–water partition coefficient (Wildman–Crippen LogP) is 2.04. The Morgan fingerprint density at radius 2 is 2.17 bits per heavy atom. The highest BCUT2D eigenvalue weighted by Crippen LogP contribution is 2.08. The van der Waals surface area contributed by atoms with Crippen molar-refractivity contribution in [3.63, 3.8) is 0 Å². The molecule has 1 atom stereocenters. The van der Waals surface area contributed by atoms with Gasteiger partial charge in [0.25, 0.3) is 5.09 Å². The minimum Gasteiger partial charge on any atom is -0.432 e. The number of carbonyl (C=O) groups excluding carboxylic acids is 1. The van der Waals surface area contributed by atoms with Crippen molar-refractivity contribution in [1.82, 2.24) is 9.55 Å². The van der Waals surface area contributed by atoms with Crippen molar-refractivity contribution in [2.45, 2.75) is 19.8 Å². The van der Waals surface area contributed by atoms with Gasteiger partial charge in [0, 0.05) is 25.0 Å². The number of benzene rings is 1. The first kappa shape index (κ1) is 16.2. The minimum absolute atomic E-state index is 0.710. The van der Waals surface area contributed by atoms with E-state index in [2.05, 4.69) is 14.6 Å². The van der Waals surface area contributed by atoms with Crippen molar-refractivity contribution in [2.24, 2.45) is 0 Å². The van der Waals surface area contributed by atoms with Crippen LogP contribution in [0, 0.1) is 10.1 Å². The molecular formula is C15H15N3O5. The molecular weight excluding hydrogens is 302 g/mol. The van der Waals surface area contributed by atoms with E-state index in [-0.39, 0.29) is 0 Å². The Morgan fingerprint density at radius 3 is 2.78 bits per heavy atom. The maximum Gasteiger partial charge on any atom is 0.332 e. The Kier molecular flexibility index (Phi) is 5.45. The average molecular weight is 317 g/mol. The predicted molar refractivity (Wildman–Crippen MR) is 80.4 cm³/mol. The normalized spacial score (nSPS) is 12.0. The number of rotatable bonds is 7. The molecule has 8 heteroatoms. The fourth-order valence-corrected chi connectivity index (χ4v) is 1.84. The number of carbonyl (C=O) groups is 1. The number of nitrogens with zero attached hydrogens (tertiary/aromatic N) is 3. The lowest BCUT2D eigenvalue weighted by Gasteiger charge is -2.08. The number of ether oxygens (including phenoxy) is 1. The highest BCUT2D eigenvalue weighted by Gasteiger charge is 2.10. The van der Waals surface area contributed by atoms with Crippen LogP contribution >= 0.6 is 0 Å². The summed E-state index contributed by atoms with van der Waals surface area (Å²) in [6.07, 6.45) is 6.81. The van der Waals surface area contributed by atoms with Crippen molar-refractivity contribution >= 4 is 12.0 Å². The molecule has 1 heterocycles. The minimum atomic E-state index is -1.25. The molecule has 1 aromatic carbocycles. The molecule has 0 saturated heterocycles. The summed E-state index contributed by atoms with van der Waals surface area (Å²) in [5, 5.41) is 9.07. The third-order valence-electron chi connectivity index (χ3n) is 2.83. The Balaban J connectivity index is 1.87. The first-order chi connectivity index (χ1) is 11.0. The quantitative estimate of drug-likeness (QED) is 0.255. The molecule has 23 heavy (non-hydrogen) atoms. The smallest absolute Gasteiger partial charge is 0.332 e. The van der Waals surface area contributed by atoms with Crippen molar-refractivity contribution in [3.05, 3.63) is 70.3 Å². The number of esters is 1. The second-order valence-corrected chi connectivity index (χ2v) is 4.64. The first-order valence-electron chi connectivity index (χ1n) is 6.77. The van der Waals surface area contributed by atoms with Gasteiger partial charge in [-0.2, -0.15) is 0 Å². The summed E-state index contributed by atoms with van der Waals surface area (Å²) in [6, 6.07) is 7.58. The van der Waals surface area contributed by atoms with E-state index in [1.54, 1.807) is 18.6 Å². The molecule has 0 saturated carbocycles. The summed E-state index contributed by atoms with van der Waals surface area (Å²) >= 11 is 0. The van der Waals surface area contributed by atoms with E-state index in [0.29, 0.717) is 6.54 Å². The molecule has 2 rings (SSSR count). The molecule has 120 valence electrons. The molecule has 0 amide bonds. The van der Waals surface area contributed by atoms with Gasteiger partial charge in [-0.1, -0.05) is 24.3 Å². The SMILES string of the molecule is CC(OC(=O)/C=C/c1ccc(Cn2ccnc2)cc1)O[N+](=O)[O-]. The first-order valence-corrected chi connectivity index (χ1v) is 6.77. The third-order valence-corrected chi connectivity index (χ3v) is 2.83. The van der Waals surface area contributed by atoms with Gasteiger partial charge in [-0.3, -0.25) is 4.84 Å². The molecule has 0 aliphatic rings. The van der Waals surface area contributed by atoms with Gasteiger partial charge in [0.05, 0.1) is 6.33 Å². The van der Waals surface area contributed by atoms with Crippen LogP contribution in [0.3, 0.4) is 0 Å². The van der Waals surface area contributed by atoms with Crippen LogP contribution in [0.1, 0.15) is 18.1 Å². The summed E-state index contributed by atoms with van der Waals surface area (Å²) < 4.78 is 6.62. The Hall–Kier alpha value is -3.16. The Labute approximate surface area is 132 Å². The molecule has 0 fully saturated rings. The van der Waals surface area contributed by atoms with Crippen LogP contribution in [0.5, 0.6) is 0 Å². The molecule has 1 unspecified atom stereocenters. The maximum atomic E-state index is 11.5. The van der Waals surface area contributed by atoms with Crippen LogP contribution in [-0.2, 0) is 20.9 Å². The van der Waals surface area contributed by atoms with Gasteiger partial charge in [0.15, 0.2) is 0 Å². The zero-order valence-electron chi connectivity index (χ0n) is 12.4. The van der Waals surface area contributed by atoms with E-state index in [9.17, 15) is 14.9 Å². The highest BCUT2D eigenvalue weighted by molar-refractivity contribution is 5.87. The lowest BCUT2D eigenvalue weighted by atomic mass is 10.1. The summed E-state index contributed by atoms with van der Waals surface area (Å²) in [7, 11) is 0. The van der Waals surface area contributed by atoms with Crippen molar-refractivity contribution < 1.29 is 19.5 Å². The lowest BCUT2D eigenvalue weighted by Crippen LogP contribution is -2.19. The maximum absolute atomic E-state index is 11.5. The van der Waals surface area contributed by atoms with Crippen LogP contribution in [0.15, 0.2) is 49.1 Å². The van der Waals surface area contributed by atoms with E-state index < -0.39 is 17.3 Å². The molecule has 0 radical (unpaired) electrons. The van der Waals surface area contributed by atoms with E-state index >= 15 is 0 Å². The van der Waals surface area contributed by atoms with Crippen LogP contribution in [0.4, 0.5) is 0 Å². The summed E-state index contributed by atoms with van der Waals surface area (Å²) in [5.74, 6) is -0.721. The molecule has 0 spiro atoms. The lowest BCUT2D eigenvalue weighted by molar-refractivity contribution is -0.777. The van der Waals surface area contributed by atoms with Gasteiger partial charge >= 0.3 is 5.97 Å². The van der Waals surface area contributed by atoms with Crippen molar-refractivity contribution in [3.8, 4) is 0 Å². The van der Waals surface area contributed by atoms with Gasteiger partial charge < -0.3 is 9.30 Å². The van der Waals surface area contributed by atoms with Gasteiger partial charge in [0.1, 0.15) is 0 Å². The monoisotopic (exact) mass is 317 g/mol. The van der Waals surface area contributed by atoms with E-state index in [1.165, 1.54) is 13.0 Å². The third kappa shape index (κ3) is 5.62. The van der Waals surface area contributed by atoms with E-state index in [4.69, 9.17) is 0 Å². The standard InChI is InChI=1S/C15H15N3O5/c1-12(23-18(20)21)22-15(19)7-6-13-2-4-14(5-3-13)10-17-9-8-16-11-17/h2-9,11-12H,10H2,1H3/b7-6+. The van der Waals surface area contributed by atoms with Gasteiger partial charge in [-0.15, -0.1) is 10.1 Å². The summed E-state index contributed by atoms with van der Waals surface area (Å²) in [5.41, 5.74) is 1.90. The van der Waals surface area contributed by atoms with Gasteiger partial charge in [-0.25, -0.2) is 9.78 Å². The topological polar surface area (TPSA) is 96.5 Å². The highest BCUT2D eigenvalue weighted by atomic mass is 17.0. The fourth-order valence-electron chi connectivity index (χ4n) is 1.84. The molecule has 0 bridgehead atoms. The zero-order valence-corrected chi connectivity index (χ0v) is 12.4. The van der Waals surface area contributed by atoms with Crippen molar-refractivity contribution in [2.75, 3.05) is 0 Å². The number of hydrogen-bond acceptors (Lipinski definition) is 6. The molecule has 0 aliphatic heterocycles. The van der Waals surface area contributed by atoms with Crippen LogP contribution in [0.25, 0.3) is 6.08 Å². The van der Waals surface area contributed by atoms with E-state index in [0.717, 1.165) is 11.1 Å². The number of aromatic nitrogens is 2. The molecule has 0 aliphatic carbocycles. The van der Waals surface area contributed by atoms with E-state index in [1.807, 2.05) is 35.0 Å². The summed E-state index contributed by atoms with van der Waals surface area (Å²) in [4.78, 5) is 29.6. The second-order valence-electron chi connectivity index (χ2n) is 4.64.